The zero-order valence-electron chi connectivity index (χ0n) is 19.9. The quantitative estimate of drug-likeness (QED) is 0.201. The predicted molar refractivity (Wildman–Crippen MR) is 153 cm³/mol. The number of hydrogen-bond acceptors (Lipinski definition) is 4. The van der Waals surface area contributed by atoms with Gasteiger partial charge in [0, 0.05) is 46.2 Å². The third-order valence-electron chi connectivity index (χ3n) is 5.51. The Morgan fingerprint density at radius 3 is 2.16 bits per heavy atom. The number of benzene rings is 3. The van der Waals surface area contributed by atoms with Crippen LogP contribution in [-0.4, -0.2) is 23.6 Å². The van der Waals surface area contributed by atoms with Gasteiger partial charge in [-0.25, -0.2) is 12.8 Å². The van der Waals surface area contributed by atoms with Crippen LogP contribution in [0.15, 0.2) is 111 Å². The maximum atomic E-state index is 13.7. The van der Waals surface area contributed by atoms with Gasteiger partial charge in [0.1, 0.15) is 5.82 Å². The minimum atomic E-state index is -3.94. The van der Waals surface area contributed by atoms with Gasteiger partial charge < -0.3 is 5.32 Å². The first kappa shape index (κ1) is 27.8. The fraction of sp³-hybridized carbons (Fsp3) is 0.0714. The molecule has 1 N–H and O–H groups in total. The van der Waals surface area contributed by atoms with E-state index in [0.29, 0.717) is 11.3 Å². The molecule has 194 valence electrons. The van der Waals surface area contributed by atoms with E-state index < -0.39 is 15.8 Å². The van der Waals surface area contributed by atoms with E-state index in [9.17, 15) is 17.6 Å². The molecule has 4 rings (SSSR count). The molecule has 0 atom stereocenters. The molecular weight excluding hydrogens is 637 g/mol. The third-order valence-corrected chi connectivity index (χ3v) is 9.19. The molecule has 1 aromatic heterocycles. The number of halogens is 3. The summed E-state index contributed by atoms with van der Waals surface area (Å²) in [6.45, 7) is 0.151. The molecule has 0 saturated heterocycles. The normalized spacial score (nSPS) is 11.7. The number of nitrogens with one attached hydrogen (secondary N) is 1. The zero-order chi connectivity index (χ0) is 27.1. The van der Waals surface area contributed by atoms with E-state index in [0.717, 1.165) is 20.1 Å². The number of hydrogen-bond donors (Lipinski definition) is 1. The molecule has 6 nitrogen and oxygen atoms in total. The van der Waals surface area contributed by atoms with E-state index in [1.807, 2.05) is 18.2 Å². The number of nitrogens with zero attached hydrogens (tertiary/aromatic N) is 2. The van der Waals surface area contributed by atoms with E-state index in [-0.39, 0.29) is 23.9 Å². The highest BCUT2D eigenvalue weighted by molar-refractivity contribution is 9.13. The summed E-state index contributed by atoms with van der Waals surface area (Å²) in [4.78, 5) is 16.3. The van der Waals surface area contributed by atoms with Gasteiger partial charge in [0.25, 0.3) is 0 Å². The van der Waals surface area contributed by atoms with Gasteiger partial charge in [-0.1, -0.05) is 18.2 Å². The van der Waals surface area contributed by atoms with Crippen molar-refractivity contribution in [1.29, 1.82) is 0 Å². The molecule has 0 bridgehead atoms. The highest BCUT2D eigenvalue weighted by Crippen LogP contribution is 2.27. The lowest BCUT2D eigenvalue weighted by Gasteiger charge is -2.23. The lowest BCUT2D eigenvalue weighted by atomic mass is 10.2. The number of pyridine rings is 1. The monoisotopic (exact) mass is 657 g/mol. The number of carbonyl (C=O) groups is 1. The van der Waals surface area contributed by atoms with Crippen LogP contribution in [0.2, 0.25) is 0 Å². The minimum Gasteiger partial charge on any atom is -0.323 e. The Bertz CT molecular complexity index is 1550. The summed E-state index contributed by atoms with van der Waals surface area (Å²) >= 11 is 6.89. The van der Waals surface area contributed by atoms with Crippen molar-refractivity contribution in [3.05, 3.63) is 129 Å². The molecule has 0 radical (unpaired) electrons. The zero-order valence-corrected chi connectivity index (χ0v) is 23.9. The number of amides is 1. The fourth-order valence-electron chi connectivity index (χ4n) is 3.55. The van der Waals surface area contributed by atoms with Crippen LogP contribution in [0, 0.1) is 5.82 Å². The van der Waals surface area contributed by atoms with Gasteiger partial charge in [0.2, 0.25) is 15.9 Å². The average molecular weight is 659 g/mol. The van der Waals surface area contributed by atoms with Crippen LogP contribution >= 0.6 is 31.9 Å². The smallest absolute Gasteiger partial charge is 0.248 e. The Hall–Kier alpha value is -3.18. The largest absolute Gasteiger partial charge is 0.323 e. The highest BCUT2D eigenvalue weighted by atomic mass is 79.9. The van der Waals surface area contributed by atoms with Crippen molar-refractivity contribution in [2.45, 2.75) is 18.0 Å². The molecule has 0 fully saturated rings. The predicted octanol–water partition coefficient (Wildman–Crippen LogP) is 6.79. The first-order chi connectivity index (χ1) is 18.2. The van der Waals surface area contributed by atoms with E-state index in [2.05, 4.69) is 42.2 Å². The van der Waals surface area contributed by atoms with Crippen LogP contribution in [0.1, 0.15) is 16.7 Å². The number of sulfonamides is 1. The minimum absolute atomic E-state index is 0.0502. The van der Waals surface area contributed by atoms with Crippen molar-refractivity contribution < 1.29 is 17.6 Å². The summed E-state index contributed by atoms with van der Waals surface area (Å²) in [5, 5.41) is 2.72. The Morgan fingerprint density at radius 2 is 1.50 bits per heavy atom. The number of aromatic nitrogens is 1. The van der Waals surface area contributed by atoms with E-state index >= 15 is 0 Å². The molecule has 1 heterocycles. The van der Waals surface area contributed by atoms with Crippen LogP contribution in [-0.2, 0) is 27.9 Å². The van der Waals surface area contributed by atoms with E-state index in [1.54, 1.807) is 42.7 Å². The summed E-state index contributed by atoms with van der Waals surface area (Å²) in [5.41, 5.74) is 2.71. The molecule has 0 spiro atoms. The van der Waals surface area contributed by atoms with Crippen molar-refractivity contribution >= 4 is 59.6 Å². The van der Waals surface area contributed by atoms with E-state index in [4.69, 9.17) is 0 Å². The standard InChI is InChI=1S/C28H22Br2FN3O3S/c29-26-11-3-22(17-27(26)30)19-34(18-21-1-5-23(31)6-2-21)38(36,37)25-9-7-24(8-10-25)33-28(35)12-4-20-13-15-32-16-14-20/h1-17H,18-19H2,(H,33,35)/b12-4+. The lowest BCUT2D eigenvalue weighted by molar-refractivity contribution is -0.111. The summed E-state index contributed by atoms with van der Waals surface area (Å²) in [7, 11) is -3.94. The van der Waals surface area contributed by atoms with Crippen LogP contribution in [0.25, 0.3) is 6.08 Å². The van der Waals surface area contributed by atoms with Crippen LogP contribution in [0.3, 0.4) is 0 Å². The van der Waals surface area contributed by atoms with Gasteiger partial charge in [0.05, 0.1) is 4.90 Å². The number of carbonyl (C=O) groups excluding carboxylic acids is 1. The molecule has 0 aliphatic heterocycles. The van der Waals surface area contributed by atoms with Crippen molar-refractivity contribution in [3.63, 3.8) is 0 Å². The molecule has 0 aliphatic carbocycles. The van der Waals surface area contributed by atoms with Gasteiger partial charge in [-0.3, -0.25) is 9.78 Å². The molecule has 10 heteroatoms. The topological polar surface area (TPSA) is 79.4 Å². The van der Waals surface area contributed by atoms with Gasteiger partial charge in [0.15, 0.2) is 0 Å². The molecule has 38 heavy (non-hydrogen) atoms. The first-order valence-electron chi connectivity index (χ1n) is 11.4. The molecule has 0 saturated carbocycles. The van der Waals surface area contributed by atoms with Crippen LogP contribution in [0.4, 0.5) is 10.1 Å². The van der Waals surface area contributed by atoms with Gasteiger partial charge in [-0.05, 0) is 115 Å². The maximum Gasteiger partial charge on any atom is 0.248 e. The van der Waals surface area contributed by atoms with E-state index in [1.165, 1.54) is 46.8 Å². The van der Waals surface area contributed by atoms with Crippen molar-refractivity contribution in [1.82, 2.24) is 9.29 Å². The molecule has 0 aliphatic rings. The molecule has 0 unspecified atom stereocenters. The Labute approximate surface area is 237 Å². The summed E-state index contributed by atoms with van der Waals surface area (Å²) in [5.74, 6) is -0.746. The summed E-state index contributed by atoms with van der Waals surface area (Å²) in [6, 6.07) is 20.8. The van der Waals surface area contributed by atoms with Crippen molar-refractivity contribution in [2.24, 2.45) is 0 Å². The van der Waals surface area contributed by atoms with Crippen molar-refractivity contribution in [3.8, 4) is 0 Å². The lowest BCUT2D eigenvalue weighted by Crippen LogP contribution is -2.30. The second kappa shape index (κ2) is 12.6. The Kier molecular flexibility index (Phi) is 9.22. The summed E-state index contributed by atoms with van der Waals surface area (Å²) < 4.78 is 43.8. The number of anilines is 1. The average Bonchev–Trinajstić information content (AvgIpc) is 2.91. The molecule has 4 aromatic rings. The number of rotatable bonds is 9. The maximum absolute atomic E-state index is 13.7. The Balaban J connectivity index is 1.54. The first-order valence-corrected chi connectivity index (χ1v) is 14.4. The second-order valence-corrected chi connectivity index (χ2v) is 11.9. The SMILES string of the molecule is O=C(/C=C/c1ccncc1)Nc1ccc(S(=O)(=O)N(Cc2ccc(F)cc2)Cc2ccc(Br)c(Br)c2)cc1. The third kappa shape index (κ3) is 7.44. The van der Waals surface area contributed by atoms with Crippen LogP contribution < -0.4 is 5.32 Å². The van der Waals surface area contributed by atoms with Crippen LogP contribution in [0.5, 0.6) is 0 Å². The summed E-state index contributed by atoms with van der Waals surface area (Å²) in [6.07, 6.45) is 6.31. The van der Waals surface area contributed by atoms with Gasteiger partial charge in [-0.2, -0.15) is 4.31 Å². The van der Waals surface area contributed by atoms with Crippen molar-refractivity contribution in [2.75, 3.05) is 5.32 Å². The molecule has 1 amide bonds. The van der Waals surface area contributed by atoms with Gasteiger partial charge >= 0.3 is 0 Å². The molecule has 3 aromatic carbocycles. The second-order valence-electron chi connectivity index (χ2n) is 8.28. The fourth-order valence-corrected chi connectivity index (χ4v) is 5.64. The molecular formula is C28H22Br2FN3O3S. The Morgan fingerprint density at radius 1 is 0.868 bits per heavy atom. The highest BCUT2D eigenvalue weighted by Gasteiger charge is 2.25. The van der Waals surface area contributed by atoms with Gasteiger partial charge in [-0.15, -0.1) is 0 Å².